The predicted molar refractivity (Wildman–Crippen MR) is 98.9 cm³/mol. The van der Waals surface area contributed by atoms with E-state index in [4.69, 9.17) is 0 Å². The highest BCUT2D eigenvalue weighted by atomic mass is 79.9. The van der Waals surface area contributed by atoms with E-state index in [1.54, 1.807) is 0 Å². The normalized spacial score (nSPS) is 17.3. The molecule has 124 valence electrons. The van der Waals surface area contributed by atoms with Crippen LogP contribution >= 0.6 is 15.9 Å². The van der Waals surface area contributed by atoms with Gasteiger partial charge in [0.15, 0.2) is 0 Å². The molecule has 0 N–H and O–H groups in total. The molecular formula is C19H20BrN3O. The molecular weight excluding hydrogens is 366 g/mol. The van der Waals surface area contributed by atoms with Crippen LogP contribution in [0.2, 0.25) is 0 Å². The van der Waals surface area contributed by atoms with E-state index in [0.717, 1.165) is 34.2 Å². The Bertz CT molecular complexity index is 924. The number of aromatic nitrogens is 2. The minimum Gasteiger partial charge on any atom is -0.348 e. The van der Waals surface area contributed by atoms with E-state index >= 15 is 0 Å². The first kappa shape index (κ1) is 15.5. The summed E-state index contributed by atoms with van der Waals surface area (Å²) in [6, 6.07) is 12.5. The Morgan fingerprint density at radius 3 is 2.83 bits per heavy atom. The lowest BCUT2D eigenvalue weighted by Gasteiger charge is -2.35. The third-order valence-electron chi connectivity index (χ3n) is 5.11. The van der Waals surface area contributed by atoms with Gasteiger partial charge in [0.2, 0.25) is 5.91 Å². The van der Waals surface area contributed by atoms with Gasteiger partial charge in [0.05, 0.1) is 6.04 Å². The zero-order chi connectivity index (χ0) is 16.8. The lowest BCUT2D eigenvalue weighted by atomic mass is 10.1. The van der Waals surface area contributed by atoms with Crippen LogP contribution in [-0.2, 0) is 17.9 Å². The number of carbonyl (C=O) groups excluding carboxylic acids is 1. The van der Waals surface area contributed by atoms with E-state index in [9.17, 15) is 4.79 Å². The van der Waals surface area contributed by atoms with E-state index in [0.29, 0.717) is 6.54 Å². The van der Waals surface area contributed by atoms with Crippen molar-refractivity contribution >= 4 is 32.7 Å². The largest absolute Gasteiger partial charge is 0.348 e. The molecule has 3 aromatic rings. The molecule has 2 aromatic heterocycles. The molecule has 1 amide bonds. The lowest BCUT2D eigenvalue weighted by molar-refractivity contribution is -0.135. The van der Waals surface area contributed by atoms with E-state index in [2.05, 4.69) is 69.4 Å². The van der Waals surface area contributed by atoms with Gasteiger partial charge in [-0.15, -0.1) is 0 Å². The molecule has 0 bridgehead atoms. The molecule has 5 heteroatoms. The summed E-state index contributed by atoms with van der Waals surface area (Å²) in [6.07, 6.45) is 2.09. The second-order valence-electron chi connectivity index (χ2n) is 6.39. The maximum absolute atomic E-state index is 13.0. The van der Waals surface area contributed by atoms with Gasteiger partial charge in [-0.05, 0) is 48.0 Å². The molecule has 1 atom stereocenters. The van der Waals surface area contributed by atoms with Crippen LogP contribution in [0, 0.1) is 6.92 Å². The lowest BCUT2D eigenvalue weighted by Crippen LogP contribution is -2.42. The van der Waals surface area contributed by atoms with E-state index in [1.807, 2.05) is 17.0 Å². The van der Waals surface area contributed by atoms with Crippen molar-refractivity contribution in [1.29, 1.82) is 0 Å². The third kappa shape index (κ3) is 2.30. The summed E-state index contributed by atoms with van der Waals surface area (Å²) in [7, 11) is 0. The first-order valence-electron chi connectivity index (χ1n) is 8.25. The molecule has 0 fully saturated rings. The Balaban J connectivity index is 1.65. The number of carbonyl (C=O) groups is 1. The molecule has 4 rings (SSSR count). The molecule has 1 aromatic carbocycles. The van der Waals surface area contributed by atoms with Crippen LogP contribution in [0.5, 0.6) is 0 Å². The topological polar surface area (TPSA) is 30.2 Å². The molecule has 0 saturated heterocycles. The van der Waals surface area contributed by atoms with Crippen molar-refractivity contribution in [2.24, 2.45) is 0 Å². The number of fused-ring (bicyclic) bond motifs is 2. The van der Waals surface area contributed by atoms with Crippen LogP contribution in [-0.4, -0.2) is 26.5 Å². The van der Waals surface area contributed by atoms with Crippen LogP contribution in [0.25, 0.3) is 10.9 Å². The smallest absolute Gasteiger partial charge is 0.243 e. The number of benzene rings is 1. The summed E-state index contributed by atoms with van der Waals surface area (Å²) in [4.78, 5) is 15.0. The molecule has 0 radical (unpaired) electrons. The van der Waals surface area contributed by atoms with Crippen LogP contribution in [0.4, 0.5) is 0 Å². The number of hydrogen-bond donors (Lipinski definition) is 0. The number of hydrogen-bond acceptors (Lipinski definition) is 1. The Morgan fingerprint density at radius 2 is 2.00 bits per heavy atom. The van der Waals surface area contributed by atoms with Gasteiger partial charge >= 0.3 is 0 Å². The number of amides is 1. The van der Waals surface area contributed by atoms with Crippen LogP contribution in [0.15, 0.2) is 47.1 Å². The fraction of sp³-hybridized carbons (Fsp3) is 0.316. The van der Waals surface area contributed by atoms with Crippen molar-refractivity contribution < 1.29 is 4.79 Å². The molecule has 1 unspecified atom stereocenters. The van der Waals surface area contributed by atoms with Crippen molar-refractivity contribution in [3.63, 3.8) is 0 Å². The van der Waals surface area contributed by atoms with Crippen LogP contribution in [0.3, 0.4) is 0 Å². The van der Waals surface area contributed by atoms with Crippen molar-refractivity contribution in [2.75, 3.05) is 6.54 Å². The molecule has 0 aliphatic carbocycles. The van der Waals surface area contributed by atoms with Crippen molar-refractivity contribution in [3.05, 3.63) is 58.5 Å². The molecule has 4 nitrogen and oxygen atoms in total. The highest BCUT2D eigenvalue weighted by Gasteiger charge is 2.28. The Kier molecular flexibility index (Phi) is 3.76. The molecule has 24 heavy (non-hydrogen) atoms. The van der Waals surface area contributed by atoms with Crippen molar-refractivity contribution in [3.8, 4) is 0 Å². The molecule has 3 heterocycles. The van der Waals surface area contributed by atoms with Gasteiger partial charge < -0.3 is 14.0 Å². The highest BCUT2D eigenvalue weighted by Crippen LogP contribution is 2.31. The zero-order valence-corrected chi connectivity index (χ0v) is 15.5. The SMILES string of the molecule is Cc1c(Br)c2ccccc2n1CC(=O)N1CCn2cccc2C1C. The maximum atomic E-state index is 13.0. The fourth-order valence-electron chi connectivity index (χ4n) is 3.74. The average Bonchev–Trinajstić information content (AvgIpc) is 3.15. The zero-order valence-electron chi connectivity index (χ0n) is 13.9. The number of para-hydroxylation sites is 1. The average molecular weight is 386 g/mol. The molecule has 1 aliphatic rings. The number of halogens is 1. The maximum Gasteiger partial charge on any atom is 0.243 e. The first-order chi connectivity index (χ1) is 11.6. The summed E-state index contributed by atoms with van der Waals surface area (Å²) < 4.78 is 5.43. The highest BCUT2D eigenvalue weighted by molar-refractivity contribution is 9.10. The quantitative estimate of drug-likeness (QED) is 0.652. The Hall–Kier alpha value is -2.01. The summed E-state index contributed by atoms with van der Waals surface area (Å²) >= 11 is 3.67. The van der Waals surface area contributed by atoms with E-state index in [1.165, 1.54) is 5.69 Å². The summed E-state index contributed by atoms with van der Waals surface area (Å²) in [5.41, 5.74) is 3.41. The molecule has 1 aliphatic heterocycles. The Morgan fingerprint density at radius 1 is 1.21 bits per heavy atom. The van der Waals surface area contributed by atoms with E-state index < -0.39 is 0 Å². The molecule has 0 saturated carbocycles. The predicted octanol–water partition coefficient (Wildman–Crippen LogP) is 4.12. The molecule has 0 spiro atoms. The second kappa shape index (κ2) is 5.81. The van der Waals surface area contributed by atoms with Gasteiger partial charge in [-0.3, -0.25) is 4.79 Å². The van der Waals surface area contributed by atoms with E-state index in [-0.39, 0.29) is 11.9 Å². The summed E-state index contributed by atoms with van der Waals surface area (Å²) in [6.45, 7) is 6.18. The van der Waals surface area contributed by atoms with Gasteiger partial charge in [-0.25, -0.2) is 0 Å². The van der Waals surface area contributed by atoms with Crippen LogP contribution < -0.4 is 0 Å². The monoisotopic (exact) mass is 385 g/mol. The summed E-state index contributed by atoms with van der Waals surface area (Å²) in [5, 5.41) is 1.16. The second-order valence-corrected chi connectivity index (χ2v) is 7.19. The first-order valence-corrected chi connectivity index (χ1v) is 9.05. The van der Waals surface area contributed by atoms with Gasteiger partial charge in [0.1, 0.15) is 6.54 Å². The summed E-state index contributed by atoms with van der Waals surface area (Å²) in [5.74, 6) is 0.173. The number of rotatable bonds is 2. The minimum atomic E-state index is 0.117. The van der Waals surface area contributed by atoms with Gasteiger partial charge in [0.25, 0.3) is 0 Å². The standard InChI is InChI=1S/C19H20BrN3O/c1-13-16-8-5-9-21(16)10-11-22(13)18(24)12-23-14(2)19(20)15-6-3-4-7-17(15)23/h3-9,13H,10-12H2,1-2H3. The van der Waals surface area contributed by atoms with Gasteiger partial charge in [-0.2, -0.15) is 0 Å². The van der Waals surface area contributed by atoms with Gasteiger partial charge in [-0.1, -0.05) is 18.2 Å². The minimum absolute atomic E-state index is 0.117. The van der Waals surface area contributed by atoms with Crippen molar-refractivity contribution in [1.82, 2.24) is 14.0 Å². The third-order valence-corrected chi connectivity index (χ3v) is 6.11. The van der Waals surface area contributed by atoms with Crippen molar-refractivity contribution in [2.45, 2.75) is 33.0 Å². The number of nitrogens with zero attached hydrogens (tertiary/aromatic N) is 3. The Labute approximate surface area is 149 Å². The fourth-order valence-corrected chi connectivity index (χ4v) is 4.29. The van der Waals surface area contributed by atoms with Crippen LogP contribution in [0.1, 0.15) is 24.4 Å². The van der Waals surface area contributed by atoms with Gasteiger partial charge in [0, 0.05) is 46.0 Å².